The van der Waals surface area contributed by atoms with Gasteiger partial charge in [-0.2, -0.15) is 8.78 Å². The molecule has 0 atom stereocenters. The number of carbonyl (C=O) groups is 1. The average Bonchev–Trinajstić information content (AvgIpc) is 2.09. The Hall–Kier alpha value is -1.36. The van der Waals surface area contributed by atoms with Crippen molar-refractivity contribution < 1.29 is 23.4 Å². The van der Waals surface area contributed by atoms with Crippen LogP contribution in [-0.2, 0) is 0 Å². The minimum Gasteiger partial charge on any atom is -0.478 e. The van der Waals surface area contributed by atoms with E-state index in [2.05, 4.69) is 4.74 Å². The van der Waals surface area contributed by atoms with E-state index in [1.807, 2.05) is 0 Å². The van der Waals surface area contributed by atoms with Crippen LogP contribution in [0.15, 0.2) is 12.1 Å². The van der Waals surface area contributed by atoms with E-state index in [1.54, 1.807) is 0 Å². The highest BCUT2D eigenvalue weighted by molar-refractivity contribution is 6.33. The number of carboxylic acid groups (broad SMARTS) is 1. The summed E-state index contributed by atoms with van der Waals surface area (Å²) in [6.45, 7) is -1.50. The molecule has 0 saturated heterocycles. The van der Waals surface area contributed by atoms with Crippen molar-refractivity contribution >= 4 is 17.6 Å². The van der Waals surface area contributed by atoms with Gasteiger partial charge in [0.2, 0.25) is 0 Å². The van der Waals surface area contributed by atoms with E-state index in [1.165, 1.54) is 13.0 Å². The van der Waals surface area contributed by atoms with Crippen molar-refractivity contribution in [2.24, 2.45) is 0 Å². The number of aromatic carboxylic acids is 1. The summed E-state index contributed by atoms with van der Waals surface area (Å²) < 4.78 is 28.0. The number of halogens is 3. The van der Waals surface area contributed by atoms with E-state index in [-0.39, 0.29) is 21.9 Å². The smallest absolute Gasteiger partial charge is 0.387 e. The Labute approximate surface area is 89.2 Å². The molecule has 1 aromatic rings. The van der Waals surface area contributed by atoms with E-state index in [9.17, 15) is 13.6 Å². The molecule has 82 valence electrons. The Morgan fingerprint density at radius 1 is 1.53 bits per heavy atom. The molecule has 0 bridgehead atoms. The lowest BCUT2D eigenvalue weighted by Gasteiger charge is -2.09. The maximum atomic E-state index is 11.9. The number of benzene rings is 1. The van der Waals surface area contributed by atoms with E-state index >= 15 is 0 Å². The second-order valence-electron chi connectivity index (χ2n) is 2.78. The van der Waals surface area contributed by atoms with Gasteiger partial charge in [0.05, 0.1) is 10.6 Å². The van der Waals surface area contributed by atoms with Crippen molar-refractivity contribution in [3.05, 3.63) is 28.3 Å². The molecule has 1 aromatic carbocycles. The molecule has 3 nitrogen and oxygen atoms in total. The molecular weight excluding hydrogens is 230 g/mol. The second-order valence-corrected chi connectivity index (χ2v) is 3.19. The topological polar surface area (TPSA) is 46.5 Å². The maximum Gasteiger partial charge on any atom is 0.387 e. The van der Waals surface area contributed by atoms with Crippen LogP contribution >= 0.6 is 11.6 Å². The molecule has 0 aromatic heterocycles. The second kappa shape index (κ2) is 4.44. The van der Waals surface area contributed by atoms with Crippen LogP contribution in [-0.4, -0.2) is 17.7 Å². The quantitative estimate of drug-likeness (QED) is 0.878. The fourth-order valence-corrected chi connectivity index (χ4v) is 1.28. The molecule has 1 rings (SSSR count). The molecule has 0 aliphatic heterocycles. The van der Waals surface area contributed by atoms with Crippen LogP contribution in [0.5, 0.6) is 5.75 Å². The van der Waals surface area contributed by atoms with Gasteiger partial charge < -0.3 is 9.84 Å². The lowest BCUT2D eigenvalue weighted by molar-refractivity contribution is -0.0502. The van der Waals surface area contributed by atoms with Crippen LogP contribution in [0.4, 0.5) is 8.78 Å². The number of hydrogen-bond donors (Lipinski definition) is 1. The van der Waals surface area contributed by atoms with E-state index in [4.69, 9.17) is 16.7 Å². The summed E-state index contributed by atoms with van der Waals surface area (Å²) in [5.74, 6) is -1.34. The molecule has 0 spiro atoms. The van der Waals surface area contributed by atoms with Gasteiger partial charge in [0.25, 0.3) is 0 Å². The number of rotatable bonds is 3. The summed E-state index contributed by atoms with van der Waals surface area (Å²) in [5, 5.41) is 8.55. The zero-order valence-corrected chi connectivity index (χ0v) is 8.39. The van der Waals surface area contributed by atoms with Gasteiger partial charge in [-0.05, 0) is 18.6 Å². The van der Waals surface area contributed by atoms with Gasteiger partial charge in [-0.15, -0.1) is 0 Å². The third-order valence-corrected chi connectivity index (χ3v) is 2.02. The molecule has 0 aliphatic carbocycles. The molecule has 0 fully saturated rings. The largest absolute Gasteiger partial charge is 0.478 e. The normalized spacial score (nSPS) is 10.5. The van der Waals surface area contributed by atoms with Gasteiger partial charge >= 0.3 is 12.6 Å². The van der Waals surface area contributed by atoms with E-state index in [0.717, 1.165) is 6.07 Å². The SMILES string of the molecule is Cc1cc(C(=O)O)c(Cl)cc1OC(F)F. The molecule has 0 radical (unpaired) electrons. The number of ether oxygens (including phenoxy) is 1. The number of hydrogen-bond acceptors (Lipinski definition) is 2. The van der Waals surface area contributed by atoms with Crippen molar-refractivity contribution in [1.82, 2.24) is 0 Å². The summed E-state index contributed by atoms with van der Waals surface area (Å²) >= 11 is 5.57. The Morgan fingerprint density at radius 3 is 2.60 bits per heavy atom. The van der Waals surface area contributed by atoms with Crippen molar-refractivity contribution in [2.45, 2.75) is 13.5 Å². The van der Waals surface area contributed by atoms with Gasteiger partial charge in [0.15, 0.2) is 0 Å². The van der Waals surface area contributed by atoms with Crippen LogP contribution < -0.4 is 4.74 Å². The standard InChI is InChI=1S/C9H7ClF2O3/c1-4-2-5(8(13)14)6(10)3-7(4)15-9(11)12/h2-3,9H,1H3,(H,13,14). The van der Waals surface area contributed by atoms with Gasteiger partial charge in [0, 0.05) is 6.07 Å². The summed E-state index contributed by atoms with van der Waals surface area (Å²) in [5.41, 5.74) is 0.146. The summed E-state index contributed by atoms with van der Waals surface area (Å²) in [7, 11) is 0. The first-order chi connectivity index (χ1) is 6.91. The molecule has 6 heteroatoms. The molecule has 0 saturated carbocycles. The number of alkyl halides is 2. The van der Waals surface area contributed by atoms with Crippen LogP contribution in [0.1, 0.15) is 15.9 Å². The predicted octanol–water partition coefficient (Wildman–Crippen LogP) is 2.95. The Bertz CT molecular complexity index is 393. The third-order valence-electron chi connectivity index (χ3n) is 1.71. The minimum atomic E-state index is -2.96. The van der Waals surface area contributed by atoms with Crippen molar-refractivity contribution in [2.75, 3.05) is 0 Å². The molecule has 15 heavy (non-hydrogen) atoms. The molecular formula is C9H7ClF2O3. The highest BCUT2D eigenvalue weighted by Crippen LogP contribution is 2.27. The van der Waals surface area contributed by atoms with Crippen LogP contribution in [0.3, 0.4) is 0 Å². The van der Waals surface area contributed by atoms with Crippen LogP contribution in [0, 0.1) is 6.92 Å². The first-order valence-corrected chi connectivity index (χ1v) is 4.28. The molecule has 0 amide bonds. The Morgan fingerprint density at radius 2 is 2.13 bits per heavy atom. The van der Waals surface area contributed by atoms with E-state index < -0.39 is 12.6 Å². The lowest BCUT2D eigenvalue weighted by Crippen LogP contribution is -2.05. The van der Waals surface area contributed by atoms with Crippen LogP contribution in [0.2, 0.25) is 5.02 Å². The third kappa shape index (κ3) is 2.79. The maximum absolute atomic E-state index is 11.9. The lowest BCUT2D eigenvalue weighted by atomic mass is 10.1. The zero-order chi connectivity index (χ0) is 11.6. The zero-order valence-electron chi connectivity index (χ0n) is 7.63. The molecule has 0 aliphatic rings. The Kier molecular flexibility index (Phi) is 3.47. The molecule has 1 N–H and O–H groups in total. The summed E-state index contributed by atoms with van der Waals surface area (Å²) in [6.07, 6.45) is 0. The Balaban J connectivity index is 3.13. The van der Waals surface area contributed by atoms with Gasteiger partial charge in [0.1, 0.15) is 5.75 Å². The first kappa shape index (κ1) is 11.7. The predicted molar refractivity (Wildman–Crippen MR) is 49.8 cm³/mol. The highest BCUT2D eigenvalue weighted by Gasteiger charge is 2.14. The van der Waals surface area contributed by atoms with Crippen molar-refractivity contribution in [3.63, 3.8) is 0 Å². The summed E-state index contributed by atoms with van der Waals surface area (Å²) in [6, 6.07) is 2.24. The monoisotopic (exact) mass is 236 g/mol. The van der Waals surface area contributed by atoms with Crippen molar-refractivity contribution in [1.29, 1.82) is 0 Å². The minimum absolute atomic E-state index is 0.125. The van der Waals surface area contributed by atoms with Gasteiger partial charge in [-0.25, -0.2) is 4.79 Å². The van der Waals surface area contributed by atoms with Crippen molar-refractivity contribution in [3.8, 4) is 5.75 Å². The number of carboxylic acids is 1. The summed E-state index contributed by atoms with van der Waals surface area (Å²) in [4.78, 5) is 10.6. The fraction of sp³-hybridized carbons (Fsp3) is 0.222. The average molecular weight is 237 g/mol. The molecule has 0 heterocycles. The fourth-order valence-electron chi connectivity index (χ4n) is 1.05. The first-order valence-electron chi connectivity index (χ1n) is 3.90. The number of aryl methyl sites for hydroxylation is 1. The van der Waals surface area contributed by atoms with Crippen LogP contribution in [0.25, 0.3) is 0 Å². The van der Waals surface area contributed by atoms with E-state index in [0.29, 0.717) is 0 Å². The molecule has 0 unspecified atom stereocenters. The van der Waals surface area contributed by atoms with Gasteiger partial charge in [-0.3, -0.25) is 0 Å². The van der Waals surface area contributed by atoms with Gasteiger partial charge in [-0.1, -0.05) is 11.6 Å². The highest BCUT2D eigenvalue weighted by atomic mass is 35.5.